The molecule has 0 fully saturated rings. The van der Waals surface area contributed by atoms with Crippen LogP contribution in [0.5, 0.6) is 0 Å². The van der Waals surface area contributed by atoms with E-state index in [2.05, 4.69) is 73.8 Å². The number of hydrogen-bond donors (Lipinski definition) is 2. The molecule has 0 saturated heterocycles. The normalized spacial score (nSPS) is 12.0. The van der Waals surface area contributed by atoms with Crippen LogP contribution in [0.25, 0.3) is 5.69 Å². The molecule has 4 aromatic rings. The number of amides is 1. The summed E-state index contributed by atoms with van der Waals surface area (Å²) in [4.78, 5) is 12.7. The van der Waals surface area contributed by atoms with Gasteiger partial charge >= 0.3 is 0 Å². The molecule has 4 rings (SSSR count). The predicted octanol–water partition coefficient (Wildman–Crippen LogP) is 5.73. The van der Waals surface area contributed by atoms with Gasteiger partial charge in [0.05, 0.1) is 18.0 Å². The van der Waals surface area contributed by atoms with Crippen molar-refractivity contribution >= 4 is 52.2 Å². The summed E-state index contributed by atoms with van der Waals surface area (Å²) >= 11 is 3.65. The summed E-state index contributed by atoms with van der Waals surface area (Å²) in [5.74, 6) is 0.548. The van der Waals surface area contributed by atoms with E-state index in [0.29, 0.717) is 11.7 Å². The SMILES string of the molecule is Cc1ccc(/C=N\NC(=O)[C@@H](C)Sc2nnc(CNc3ccc(I)cc3C)n2-c2ccccc2)cc1. The third-order valence-electron chi connectivity index (χ3n) is 5.46. The summed E-state index contributed by atoms with van der Waals surface area (Å²) in [6, 6.07) is 24.1. The second kappa shape index (κ2) is 12.2. The molecule has 0 aliphatic rings. The highest BCUT2D eigenvalue weighted by Gasteiger charge is 2.21. The first-order valence-corrected chi connectivity index (χ1v) is 13.4. The minimum Gasteiger partial charge on any atom is -0.378 e. The number of nitrogens with zero attached hydrogens (tertiary/aromatic N) is 4. The minimum absolute atomic E-state index is 0.208. The van der Waals surface area contributed by atoms with Crippen LogP contribution >= 0.6 is 34.4 Å². The number of anilines is 1. The number of carbonyl (C=O) groups excluding carboxylic acids is 1. The van der Waals surface area contributed by atoms with Crippen molar-refractivity contribution in [2.24, 2.45) is 5.10 Å². The molecule has 3 aromatic carbocycles. The second-order valence-electron chi connectivity index (χ2n) is 8.29. The molecule has 1 amide bonds. The van der Waals surface area contributed by atoms with Crippen molar-refractivity contribution in [3.8, 4) is 5.69 Å². The number of halogens is 1. The molecule has 0 radical (unpaired) electrons. The largest absolute Gasteiger partial charge is 0.378 e. The highest BCUT2D eigenvalue weighted by Crippen LogP contribution is 2.27. The van der Waals surface area contributed by atoms with E-state index < -0.39 is 5.25 Å². The monoisotopic (exact) mass is 610 g/mol. The van der Waals surface area contributed by atoms with Crippen LogP contribution in [0.3, 0.4) is 0 Å². The molecule has 1 heterocycles. The van der Waals surface area contributed by atoms with Crippen LogP contribution in [0, 0.1) is 17.4 Å². The van der Waals surface area contributed by atoms with Gasteiger partial charge in [-0.1, -0.05) is 59.8 Å². The van der Waals surface area contributed by atoms with E-state index >= 15 is 0 Å². The maximum Gasteiger partial charge on any atom is 0.253 e. The predicted molar refractivity (Wildman–Crippen MR) is 155 cm³/mol. The molecule has 0 bridgehead atoms. The molecule has 0 unspecified atom stereocenters. The molecule has 9 heteroatoms. The van der Waals surface area contributed by atoms with Crippen molar-refractivity contribution in [1.29, 1.82) is 0 Å². The van der Waals surface area contributed by atoms with Crippen LogP contribution in [0.4, 0.5) is 5.69 Å². The molecule has 2 N–H and O–H groups in total. The lowest BCUT2D eigenvalue weighted by molar-refractivity contribution is -0.120. The van der Waals surface area contributed by atoms with Gasteiger partial charge in [-0.15, -0.1) is 10.2 Å². The van der Waals surface area contributed by atoms with Crippen molar-refractivity contribution in [3.05, 3.63) is 98.9 Å². The zero-order valence-electron chi connectivity index (χ0n) is 20.3. The van der Waals surface area contributed by atoms with Crippen LogP contribution < -0.4 is 10.7 Å². The molecular formula is C27H27IN6OS. The van der Waals surface area contributed by atoms with Gasteiger partial charge in [0.15, 0.2) is 11.0 Å². The fraction of sp³-hybridized carbons (Fsp3) is 0.185. The Morgan fingerprint density at radius 2 is 1.83 bits per heavy atom. The van der Waals surface area contributed by atoms with Crippen molar-refractivity contribution in [3.63, 3.8) is 0 Å². The van der Waals surface area contributed by atoms with E-state index in [0.717, 1.165) is 22.8 Å². The fourth-order valence-corrected chi connectivity index (χ4v) is 4.98. The Kier molecular flexibility index (Phi) is 8.76. The van der Waals surface area contributed by atoms with Gasteiger partial charge in [0.25, 0.3) is 5.91 Å². The van der Waals surface area contributed by atoms with Gasteiger partial charge in [-0.25, -0.2) is 5.43 Å². The number of carbonyl (C=O) groups is 1. The topological polar surface area (TPSA) is 84.2 Å². The fourth-order valence-electron chi connectivity index (χ4n) is 3.45. The Balaban J connectivity index is 1.48. The molecular weight excluding hydrogens is 583 g/mol. The molecule has 1 aromatic heterocycles. The molecule has 184 valence electrons. The lowest BCUT2D eigenvalue weighted by atomic mass is 10.2. The van der Waals surface area contributed by atoms with E-state index in [-0.39, 0.29) is 5.91 Å². The van der Waals surface area contributed by atoms with Gasteiger partial charge in [-0.3, -0.25) is 9.36 Å². The lowest BCUT2D eigenvalue weighted by Crippen LogP contribution is -2.27. The van der Waals surface area contributed by atoms with Gasteiger partial charge < -0.3 is 5.32 Å². The Morgan fingerprint density at radius 3 is 2.56 bits per heavy atom. The maximum absolute atomic E-state index is 12.7. The molecule has 0 aliphatic carbocycles. The van der Waals surface area contributed by atoms with Crippen LogP contribution in [0.15, 0.2) is 83.1 Å². The summed E-state index contributed by atoms with van der Waals surface area (Å²) in [6.45, 7) is 6.43. The number of aromatic nitrogens is 3. The van der Waals surface area contributed by atoms with Crippen LogP contribution in [-0.4, -0.2) is 32.1 Å². The van der Waals surface area contributed by atoms with Crippen LogP contribution in [0.1, 0.15) is 29.4 Å². The minimum atomic E-state index is -0.425. The van der Waals surface area contributed by atoms with Gasteiger partial charge in [0.1, 0.15) is 0 Å². The molecule has 0 spiro atoms. The van der Waals surface area contributed by atoms with Crippen molar-refractivity contribution in [1.82, 2.24) is 20.2 Å². The first kappa shape index (κ1) is 25.9. The van der Waals surface area contributed by atoms with Crippen LogP contribution in [0.2, 0.25) is 0 Å². The van der Waals surface area contributed by atoms with Crippen molar-refractivity contribution < 1.29 is 4.79 Å². The third kappa shape index (κ3) is 6.73. The van der Waals surface area contributed by atoms with E-state index in [4.69, 9.17) is 0 Å². The van der Waals surface area contributed by atoms with Gasteiger partial charge in [0, 0.05) is 14.9 Å². The summed E-state index contributed by atoms with van der Waals surface area (Å²) in [7, 11) is 0. The second-order valence-corrected chi connectivity index (χ2v) is 10.8. The Labute approximate surface area is 228 Å². The van der Waals surface area contributed by atoms with Crippen molar-refractivity contribution in [2.75, 3.05) is 5.32 Å². The first-order valence-electron chi connectivity index (χ1n) is 11.5. The third-order valence-corrected chi connectivity index (χ3v) is 7.17. The van der Waals surface area contributed by atoms with E-state index in [1.54, 1.807) is 6.21 Å². The quantitative estimate of drug-likeness (QED) is 0.110. The number of aryl methyl sites for hydroxylation is 2. The maximum atomic E-state index is 12.7. The zero-order valence-corrected chi connectivity index (χ0v) is 23.2. The zero-order chi connectivity index (χ0) is 25.5. The van der Waals surface area contributed by atoms with Gasteiger partial charge in [-0.2, -0.15) is 5.10 Å². The van der Waals surface area contributed by atoms with Gasteiger partial charge in [-0.05, 0) is 84.8 Å². The number of thioether (sulfide) groups is 1. The highest BCUT2D eigenvalue weighted by atomic mass is 127. The lowest BCUT2D eigenvalue weighted by Gasteiger charge is -2.14. The molecule has 0 saturated carbocycles. The highest BCUT2D eigenvalue weighted by molar-refractivity contribution is 14.1. The van der Waals surface area contributed by atoms with Crippen molar-refractivity contribution in [2.45, 2.75) is 37.7 Å². The molecule has 36 heavy (non-hydrogen) atoms. The van der Waals surface area contributed by atoms with E-state index in [1.807, 2.05) is 73.0 Å². The summed E-state index contributed by atoms with van der Waals surface area (Å²) in [5.41, 5.74) is 7.87. The Morgan fingerprint density at radius 1 is 1.08 bits per heavy atom. The molecule has 1 atom stereocenters. The number of hydrazone groups is 1. The number of nitrogens with one attached hydrogen (secondary N) is 2. The number of rotatable bonds is 9. The Hall–Kier alpha value is -3.18. The summed E-state index contributed by atoms with van der Waals surface area (Å²) in [6.07, 6.45) is 1.64. The van der Waals surface area contributed by atoms with Gasteiger partial charge in [0.2, 0.25) is 0 Å². The standard InChI is InChI=1S/C27H27IN6OS/c1-18-9-11-21(12-10-18)16-30-32-26(35)20(3)36-27-33-31-25(34(27)23-7-5-4-6-8-23)17-29-24-14-13-22(28)15-19(24)2/h4-16,20,29H,17H2,1-3H3,(H,32,35)/b30-16-/t20-/m1/s1. The summed E-state index contributed by atoms with van der Waals surface area (Å²) in [5, 5.41) is 16.6. The average Bonchev–Trinajstić information content (AvgIpc) is 3.27. The first-order chi connectivity index (χ1) is 17.4. The summed E-state index contributed by atoms with van der Waals surface area (Å²) < 4.78 is 3.18. The van der Waals surface area contributed by atoms with E-state index in [1.165, 1.54) is 26.5 Å². The number of benzene rings is 3. The van der Waals surface area contributed by atoms with E-state index in [9.17, 15) is 4.79 Å². The smallest absolute Gasteiger partial charge is 0.253 e. The van der Waals surface area contributed by atoms with Crippen LogP contribution in [-0.2, 0) is 11.3 Å². The molecule has 0 aliphatic heterocycles. The number of hydrogen-bond acceptors (Lipinski definition) is 6. The number of para-hydroxylation sites is 1. The Bertz CT molecular complexity index is 1350. The average molecular weight is 611 g/mol. The molecule has 7 nitrogen and oxygen atoms in total.